The summed E-state index contributed by atoms with van der Waals surface area (Å²) in [6.07, 6.45) is 5.28. The summed E-state index contributed by atoms with van der Waals surface area (Å²) in [4.78, 5) is 21.9. The number of nitrogens with one attached hydrogen (secondary N) is 1. The fourth-order valence-corrected chi connectivity index (χ4v) is 2.30. The molecule has 0 bridgehead atoms. The number of H-pyrrole nitrogens is 1. The minimum atomic E-state index is -1.15. The van der Waals surface area contributed by atoms with Crippen LogP contribution in [0.4, 0.5) is 8.78 Å². The van der Waals surface area contributed by atoms with E-state index in [9.17, 15) is 13.6 Å². The summed E-state index contributed by atoms with van der Waals surface area (Å²) in [6, 6.07) is 0.954. The van der Waals surface area contributed by atoms with Crippen molar-refractivity contribution in [3.8, 4) is 11.3 Å². The molecule has 0 aliphatic heterocycles. The average Bonchev–Trinajstić information content (AvgIpc) is 3.25. The van der Waals surface area contributed by atoms with Gasteiger partial charge in [-0.15, -0.1) is 0 Å². The zero-order valence-electron chi connectivity index (χ0n) is 10.7. The molecule has 1 N–H and O–H groups in total. The highest BCUT2D eigenvalue weighted by Gasteiger charge is 2.25. The zero-order valence-corrected chi connectivity index (χ0v) is 10.7. The van der Waals surface area contributed by atoms with Crippen molar-refractivity contribution < 1.29 is 13.2 Å². The Morgan fingerprint density at radius 3 is 2.71 bits per heavy atom. The van der Waals surface area contributed by atoms with Crippen LogP contribution in [-0.4, -0.2) is 15.0 Å². The Bertz CT molecular complexity index is 895. The number of fused-ring (bicyclic) bond motifs is 1. The monoisotopic (exact) mass is 289 g/mol. The van der Waals surface area contributed by atoms with Gasteiger partial charge in [0.1, 0.15) is 5.52 Å². The first-order valence-electron chi connectivity index (χ1n) is 6.46. The lowest BCUT2D eigenvalue weighted by Gasteiger charge is -2.04. The van der Waals surface area contributed by atoms with E-state index in [1.54, 1.807) is 6.20 Å². The number of halogens is 2. The predicted molar refractivity (Wildman–Crippen MR) is 69.8 cm³/mol. The maximum atomic E-state index is 13.6. The summed E-state index contributed by atoms with van der Waals surface area (Å²) in [5, 5.41) is 0. The highest BCUT2D eigenvalue weighted by Crippen LogP contribution is 2.39. The predicted octanol–water partition coefficient (Wildman–Crippen LogP) is 2.73. The lowest BCUT2D eigenvalue weighted by Crippen LogP contribution is -1.95. The molecule has 0 spiro atoms. The van der Waals surface area contributed by atoms with Crippen LogP contribution in [0.5, 0.6) is 0 Å². The van der Waals surface area contributed by atoms with Crippen LogP contribution in [0.3, 0.4) is 0 Å². The van der Waals surface area contributed by atoms with Crippen molar-refractivity contribution in [2.24, 2.45) is 0 Å². The van der Waals surface area contributed by atoms with Crippen LogP contribution < -0.4 is 5.76 Å². The summed E-state index contributed by atoms with van der Waals surface area (Å²) >= 11 is 0. The number of rotatable bonds is 2. The van der Waals surface area contributed by atoms with Gasteiger partial charge in [0.25, 0.3) is 0 Å². The first-order valence-corrected chi connectivity index (χ1v) is 6.46. The minimum Gasteiger partial charge on any atom is -0.407 e. The van der Waals surface area contributed by atoms with E-state index in [1.807, 2.05) is 0 Å². The molecule has 0 saturated heterocycles. The van der Waals surface area contributed by atoms with E-state index >= 15 is 0 Å². The van der Waals surface area contributed by atoms with Gasteiger partial charge in [-0.2, -0.15) is 0 Å². The third-order valence-corrected chi connectivity index (χ3v) is 3.54. The molecule has 2 aromatic heterocycles. The third-order valence-electron chi connectivity index (χ3n) is 3.54. The molecular formula is C14H9F2N3O2. The fraction of sp³-hybridized carbons (Fsp3) is 0.214. The number of benzene rings is 1. The molecule has 1 saturated carbocycles. The first-order chi connectivity index (χ1) is 10.1. The van der Waals surface area contributed by atoms with E-state index in [-0.39, 0.29) is 16.7 Å². The number of hydrogen-bond acceptors (Lipinski definition) is 4. The minimum absolute atomic E-state index is 0.0626. The van der Waals surface area contributed by atoms with Gasteiger partial charge in [-0.05, 0) is 18.9 Å². The molecule has 1 aromatic carbocycles. The second-order valence-electron chi connectivity index (χ2n) is 5.04. The maximum absolute atomic E-state index is 13.6. The number of aromatic amines is 1. The molecule has 2 heterocycles. The fourth-order valence-electron chi connectivity index (χ4n) is 2.30. The summed E-state index contributed by atoms with van der Waals surface area (Å²) < 4.78 is 32.2. The lowest BCUT2D eigenvalue weighted by atomic mass is 10.1. The van der Waals surface area contributed by atoms with Gasteiger partial charge >= 0.3 is 5.76 Å². The van der Waals surface area contributed by atoms with E-state index in [0.29, 0.717) is 11.6 Å². The Morgan fingerprint density at radius 1 is 1.24 bits per heavy atom. The van der Waals surface area contributed by atoms with Crippen LogP contribution in [0.2, 0.25) is 0 Å². The van der Waals surface area contributed by atoms with Crippen molar-refractivity contribution in [1.29, 1.82) is 0 Å². The normalized spacial score (nSPS) is 14.8. The molecule has 0 unspecified atom stereocenters. The molecular weight excluding hydrogens is 280 g/mol. The largest absolute Gasteiger partial charge is 0.417 e. The van der Waals surface area contributed by atoms with Gasteiger partial charge in [0.2, 0.25) is 0 Å². The van der Waals surface area contributed by atoms with Crippen LogP contribution in [0.1, 0.15) is 24.5 Å². The summed E-state index contributed by atoms with van der Waals surface area (Å²) in [6.45, 7) is 0. The Morgan fingerprint density at radius 2 is 2.05 bits per heavy atom. The zero-order chi connectivity index (χ0) is 14.6. The topological polar surface area (TPSA) is 71.8 Å². The molecule has 4 rings (SSSR count). The molecule has 106 valence electrons. The van der Waals surface area contributed by atoms with Crippen LogP contribution in [0.25, 0.3) is 22.4 Å². The SMILES string of the molecule is O=c1[nH]c2c(F)c(F)cc(-c3cnc(C4CC4)cn3)c2o1. The Labute approximate surface area is 116 Å². The molecule has 1 fully saturated rings. The van der Waals surface area contributed by atoms with Gasteiger partial charge in [0, 0.05) is 17.7 Å². The van der Waals surface area contributed by atoms with Gasteiger partial charge in [-0.25, -0.2) is 13.6 Å². The molecule has 1 aliphatic rings. The Hall–Kier alpha value is -2.57. The van der Waals surface area contributed by atoms with Gasteiger partial charge in [0.15, 0.2) is 17.2 Å². The Balaban J connectivity index is 1.92. The van der Waals surface area contributed by atoms with E-state index in [1.165, 1.54) is 6.20 Å². The van der Waals surface area contributed by atoms with Crippen molar-refractivity contribution in [3.63, 3.8) is 0 Å². The number of nitrogens with zero attached hydrogens (tertiary/aromatic N) is 2. The molecule has 0 radical (unpaired) electrons. The lowest BCUT2D eigenvalue weighted by molar-refractivity contribution is 0.514. The van der Waals surface area contributed by atoms with Crippen LogP contribution in [0, 0.1) is 11.6 Å². The number of hydrogen-bond donors (Lipinski definition) is 1. The molecule has 1 aliphatic carbocycles. The second-order valence-corrected chi connectivity index (χ2v) is 5.04. The summed E-state index contributed by atoms with van der Waals surface area (Å²) in [5.41, 5.74) is 1.03. The van der Waals surface area contributed by atoms with E-state index in [4.69, 9.17) is 4.42 Å². The molecule has 5 nitrogen and oxygen atoms in total. The van der Waals surface area contributed by atoms with Crippen molar-refractivity contribution in [1.82, 2.24) is 15.0 Å². The van der Waals surface area contributed by atoms with Gasteiger partial charge in [-0.1, -0.05) is 0 Å². The smallest absolute Gasteiger partial charge is 0.407 e. The van der Waals surface area contributed by atoms with Crippen molar-refractivity contribution in [2.75, 3.05) is 0 Å². The standard InChI is InChI=1S/C14H9F2N3O2/c15-8-3-7(13-12(11(8)16)19-14(20)21-13)10-5-17-9(4-18-10)6-1-2-6/h3-6H,1-2H2,(H,19,20). The molecule has 3 aromatic rings. The van der Waals surface area contributed by atoms with E-state index < -0.39 is 17.4 Å². The van der Waals surface area contributed by atoms with Crippen molar-refractivity contribution in [3.05, 3.63) is 46.3 Å². The average molecular weight is 289 g/mol. The molecule has 21 heavy (non-hydrogen) atoms. The Kier molecular flexibility index (Phi) is 2.44. The molecule has 0 amide bonds. The third kappa shape index (κ3) is 1.93. The van der Waals surface area contributed by atoms with Gasteiger partial charge in [0.05, 0.1) is 17.6 Å². The van der Waals surface area contributed by atoms with E-state index in [0.717, 1.165) is 24.6 Å². The van der Waals surface area contributed by atoms with Crippen molar-refractivity contribution >= 4 is 11.1 Å². The highest BCUT2D eigenvalue weighted by atomic mass is 19.2. The van der Waals surface area contributed by atoms with Gasteiger partial charge < -0.3 is 4.42 Å². The van der Waals surface area contributed by atoms with Crippen LogP contribution >= 0.6 is 0 Å². The molecule has 7 heteroatoms. The maximum Gasteiger partial charge on any atom is 0.417 e. The second kappa shape index (κ2) is 4.21. The number of oxazole rings is 1. The summed E-state index contributed by atoms with van der Waals surface area (Å²) in [7, 11) is 0. The summed E-state index contributed by atoms with van der Waals surface area (Å²) in [5.74, 6) is -2.63. The van der Waals surface area contributed by atoms with Gasteiger partial charge in [-0.3, -0.25) is 15.0 Å². The van der Waals surface area contributed by atoms with Crippen LogP contribution in [-0.2, 0) is 0 Å². The van der Waals surface area contributed by atoms with Crippen molar-refractivity contribution in [2.45, 2.75) is 18.8 Å². The number of aromatic nitrogens is 3. The highest BCUT2D eigenvalue weighted by molar-refractivity contribution is 5.89. The quantitative estimate of drug-likeness (QED) is 0.787. The molecule has 0 atom stereocenters. The van der Waals surface area contributed by atoms with E-state index in [2.05, 4.69) is 15.0 Å². The first kappa shape index (κ1) is 12.2. The van der Waals surface area contributed by atoms with Crippen LogP contribution in [0.15, 0.2) is 27.7 Å².